The zero-order valence-corrected chi connectivity index (χ0v) is 9.43. The minimum atomic E-state index is -0.323. The second kappa shape index (κ2) is 4.97. The lowest BCUT2D eigenvalue weighted by Gasteiger charge is -2.16. The maximum absolute atomic E-state index is 11.7. The molecule has 0 aromatic heterocycles. The lowest BCUT2D eigenvalue weighted by atomic mass is 10.1. The molecule has 1 unspecified atom stereocenters. The van der Waals surface area contributed by atoms with Gasteiger partial charge in [-0.3, -0.25) is 15.0 Å². The van der Waals surface area contributed by atoms with Crippen molar-refractivity contribution in [3.05, 3.63) is 35.9 Å². The van der Waals surface area contributed by atoms with Crippen LogP contribution in [-0.4, -0.2) is 23.3 Å². The van der Waals surface area contributed by atoms with E-state index in [0.29, 0.717) is 13.1 Å². The van der Waals surface area contributed by atoms with E-state index in [9.17, 15) is 9.59 Å². The molecule has 2 rings (SSSR count). The van der Waals surface area contributed by atoms with Crippen molar-refractivity contribution in [2.24, 2.45) is 11.8 Å². The Morgan fingerprint density at radius 2 is 2.12 bits per heavy atom. The van der Waals surface area contributed by atoms with Gasteiger partial charge < -0.3 is 4.90 Å². The topological polar surface area (TPSA) is 75.4 Å². The maximum Gasteiger partial charge on any atom is 0.239 e. The Labute approximate surface area is 99.6 Å². The molecule has 3 N–H and O–H groups in total. The van der Waals surface area contributed by atoms with Crippen LogP contribution in [0.1, 0.15) is 12.0 Å². The molecular weight excluding hydrogens is 218 g/mol. The van der Waals surface area contributed by atoms with Crippen LogP contribution < -0.4 is 11.3 Å². The van der Waals surface area contributed by atoms with Crippen molar-refractivity contribution in [2.45, 2.75) is 13.0 Å². The van der Waals surface area contributed by atoms with E-state index in [2.05, 4.69) is 5.43 Å². The molecule has 0 saturated carbocycles. The van der Waals surface area contributed by atoms with E-state index in [1.807, 2.05) is 30.3 Å². The Balaban J connectivity index is 1.99. The molecule has 1 aromatic rings. The minimum absolute atomic E-state index is 0.00227. The molecule has 5 heteroatoms. The molecule has 0 bridgehead atoms. The molecular formula is C12H15N3O2. The molecule has 1 aromatic carbocycles. The van der Waals surface area contributed by atoms with Crippen molar-refractivity contribution in [3.8, 4) is 0 Å². The van der Waals surface area contributed by atoms with Gasteiger partial charge in [-0.2, -0.15) is 0 Å². The molecule has 1 saturated heterocycles. The molecule has 1 heterocycles. The number of hydrazine groups is 1. The summed E-state index contributed by atoms with van der Waals surface area (Å²) in [4.78, 5) is 24.7. The lowest BCUT2D eigenvalue weighted by molar-refractivity contribution is -0.129. The summed E-state index contributed by atoms with van der Waals surface area (Å²) in [6, 6.07) is 9.72. The van der Waals surface area contributed by atoms with Crippen molar-refractivity contribution in [1.29, 1.82) is 0 Å². The average molecular weight is 233 g/mol. The largest absolute Gasteiger partial charge is 0.338 e. The third-order valence-corrected chi connectivity index (χ3v) is 2.94. The smallest absolute Gasteiger partial charge is 0.239 e. The first-order valence-corrected chi connectivity index (χ1v) is 5.53. The highest BCUT2D eigenvalue weighted by Gasteiger charge is 2.33. The van der Waals surface area contributed by atoms with Crippen LogP contribution in [0.25, 0.3) is 0 Å². The van der Waals surface area contributed by atoms with Gasteiger partial charge in [-0.15, -0.1) is 0 Å². The van der Waals surface area contributed by atoms with Gasteiger partial charge in [0.05, 0.1) is 5.92 Å². The number of nitrogens with two attached hydrogens (primary N) is 1. The summed E-state index contributed by atoms with van der Waals surface area (Å²) in [5.41, 5.74) is 3.16. The van der Waals surface area contributed by atoms with E-state index in [0.717, 1.165) is 5.56 Å². The molecule has 1 atom stereocenters. The normalized spacial score (nSPS) is 19.5. The lowest BCUT2D eigenvalue weighted by Crippen LogP contribution is -2.37. The number of benzene rings is 1. The van der Waals surface area contributed by atoms with Crippen molar-refractivity contribution in [1.82, 2.24) is 10.3 Å². The first-order chi connectivity index (χ1) is 8.20. The van der Waals surface area contributed by atoms with Crippen LogP contribution in [0.5, 0.6) is 0 Å². The monoisotopic (exact) mass is 233 g/mol. The standard InChI is InChI=1S/C12H15N3O2/c13-14-12(17)10-6-11(16)15(8-10)7-9-4-2-1-3-5-9/h1-5,10H,6-8,13H2,(H,14,17). The number of hydrogen-bond acceptors (Lipinski definition) is 3. The minimum Gasteiger partial charge on any atom is -0.338 e. The highest BCUT2D eigenvalue weighted by atomic mass is 16.2. The summed E-state index contributed by atoms with van der Waals surface area (Å²) in [5.74, 6) is 4.48. The van der Waals surface area contributed by atoms with E-state index in [4.69, 9.17) is 5.84 Å². The SMILES string of the molecule is NNC(=O)C1CC(=O)N(Cc2ccccc2)C1. The number of rotatable bonds is 3. The van der Waals surface area contributed by atoms with E-state index >= 15 is 0 Å². The number of carbonyl (C=O) groups excluding carboxylic acids is 2. The van der Waals surface area contributed by atoms with Gasteiger partial charge >= 0.3 is 0 Å². The third kappa shape index (κ3) is 2.62. The molecule has 0 spiro atoms. The van der Waals surface area contributed by atoms with Gasteiger partial charge in [0.15, 0.2) is 0 Å². The van der Waals surface area contributed by atoms with Crippen LogP contribution in [0.4, 0.5) is 0 Å². The molecule has 5 nitrogen and oxygen atoms in total. The fourth-order valence-corrected chi connectivity index (χ4v) is 2.02. The molecule has 1 aliphatic rings. The zero-order valence-electron chi connectivity index (χ0n) is 9.43. The highest BCUT2D eigenvalue weighted by Crippen LogP contribution is 2.19. The van der Waals surface area contributed by atoms with Gasteiger partial charge in [0.2, 0.25) is 11.8 Å². The van der Waals surface area contributed by atoms with Crippen LogP contribution in [-0.2, 0) is 16.1 Å². The number of nitrogens with zero attached hydrogens (tertiary/aromatic N) is 1. The van der Waals surface area contributed by atoms with Crippen molar-refractivity contribution < 1.29 is 9.59 Å². The number of carbonyl (C=O) groups is 2. The molecule has 0 aliphatic carbocycles. The van der Waals surface area contributed by atoms with Gasteiger partial charge in [-0.25, -0.2) is 5.84 Å². The second-order valence-corrected chi connectivity index (χ2v) is 4.17. The Morgan fingerprint density at radius 3 is 2.76 bits per heavy atom. The van der Waals surface area contributed by atoms with Gasteiger partial charge in [0.1, 0.15) is 0 Å². The Kier molecular flexibility index (Phi) is 3.39. The number of hydrogen-bond donors (Lipinski definition) is 2. The van der Waals surface area contributed by atoms with Crippen LogP contribution in [0.2, 0.25) is 0 Å². The van der Waals surface area contributed by atoms with E-state index in [1.165, 1.54) is 0 Å². The summed E-state index contributed by atoms with van der Waals surface area (Å²) in [5, 5.41) is 0. The molecule has 90 valence electrons. The molecule has 1 aliphatic heterocycles. The third-order valence-electron chi connectivity index (χ3n) is 2.94. The van der Waals surface area contributed by atoms with Crippen molar-refractivity contribution in [3.63, 3.8) is 0 Å². The van der Waals surface area contributed by atoms with Crippen LogP contribution >= 0.6 is 0 Å². The summed E-state index contributed by atoms with van der Waals surface area (Å²) in [7, 11) is 0. The highest BCUT2D eigenvalue weighted by molar-refractivity contribution is 5.88. The Bertz CT molecular complexity index is 419. The van der Waals surface area contributed by atoms with Gasteiger partial charge in [0, 0.05) is 19.5 Å². The predicted molar refractivity (Wildman–Crippen MR) is 62.3 cm³/mol. The molecule has 2 amide bonds. The first-order valence-electron chi connectivity index (χ1n) is 5.53. The van der Waals surface area contributed by atoms with Crippen molar-refractivity contribution >= 4 is 11.8 Å². The van der Waals surface area contributed by atoms with Crippen LogP contribution in [0.15, 0.2) is 30.3 Å². The van der Waals surface area contributed by atoms with Gasteiger partial charge in [0.25, 0.3) is 0 Å². The predicted octanol–water partition coefficient (Wildman–Crippen LogP) is 0.0250. The van der Waals surface area contributed by atoms with Crippen molar-refractivity contribution in [2.75, 3.05) is 6.54 Å². The van der Waals surface area contributed by atoms with Gasteiger partial charge in [-0.05, 0) is 5.56 Å². The van der Waals surface area contributed by atoms with Crippen LogP contribution in [0, 0.1) is 5.92 Å². The number of nitrogens with one attached hydrogen (secondary N) is 1. The Hall–Kier alpha value is -1.88. The number of amides is 2. The quantitative estimate of drug-likeness (QED) is 0.439. The first kappa shape index (κ1) is 11.6. The Morgan fingerprint density at radius 1 is 1.41 bits per heavy atom. The summed E-state index contributed by atoms with van der Waals surface area (Å²) in [6.07, 6.45) is 0.246. The summed E-state index contributed by atoms with van der Waals surface area (Å²) < 4.78 is 0. The average Bonchev–Trinajstić information content (AvgIpc) is 2.71. The fourth-order valence-electron chi connectivity index (χ4n) is 2.02. The van der Waals surface area contributed by atoms with E-state index in [1.54, 1.807) is 4.90 Å². The zero-order chi connectivity index (χ0) is 12.3. The van der Waals surface area contributed by atoms with E-state index in [-0.39, 0.29) is 24.2 Å². The maximum atomic E-state index is 11.7. The molecule has 0 radical (unpaired) electrons. The van der Waals surface area contributed by atoms with Gasteiger partial charge in [-0.1, -0.05) is 30.3 Å². The van der Waals surface area contributed by atoms with E-state index < -0.39 is 0 Å². The van der Waals surface area contributed by atoms with Crippen LogP contribution in [0.3, 0.4) is 0 Å². The summed E-state index contributed by atoms with van der Waals surface area (Å²) >= 11 is 0. The fraction of sp³-hybridized carbons (Fsp3) is 0.333. The summed E-state index contributed by atoms with van der Waals surface area (Å²) in [6.45, 7) is 0.991. The number of likely N-dealkylation sites (tertiary alicyclic amines) is 1. The molecule has 17 heavy (non-hydrogen) atoms. The molecule has 1 fully saturated rings. The second-order valence-electron chi connectivity index (χ2n) is 4.17.